The first-order chi connectivity index (χ1) is 8.61. The topological polar surface area (TPSA) is 96.5 Å². The number of amides is 1. The van der Waals surface area contributed by atoms with Crippen molar-refractivity contribution in [3.8, 4) is 0 Å². The first-order valence-corrected chi connectivity index (χ1v) is 6.67. The third kappa shape index (κ3) is 3.05. The zero-order valence-electron chi connectivity index (χ0n) is 9.83. The van der Waals surface area contributed by atoms with Gasteiger partial charge in [0, 0.05) is 17.8 Å². The van der Waals surface area contributed by atoms with Crippen LogP contribution in [0.15, 0.2) is 5.38 Å². The summed E-state index contributed by atoms with van der Waals surface area (Å²) in [5, 5.41) is 11.3. The summed E-state index contributed by atoms with van der Waals surface area (Å²) in [6, 6.07) is 0.0632. The Labute approximate surface area is 108 Å². The Balaban J connectivity index is 2.09. The Kier molecular flexibility index (Phi) is 3.93. The summed E-state index contributed by atoms with van der Waals surface area (Å²) >= 11 is 1.38. The Morgan fingerprint density at radius 3 is 2.83 bits per heavy atom. The molecule has 0 aliphatic heterocycles. The van der Waals surface area contributed by atoms with Gasteiger partial charge in [-0.25, -0.2) is 4.98 Å². The maximum Gasteiger partial charge on any atom is 0.323 e. The molecule has 1 aromatic rings. The van der Waals surface area contributed by atoms with E-state index in [0.29, 0.717) is 18.7 Å². The van der Waals surface area contributed by atoms with Gasteiger partial charge in [-0.3, -0.25) is 9.59 Å². The fraction of sp³-hybridized carbons (Fsp3) is 0.545. The second-order valence-corrected chi connectivity index (χ2v) is 5.17. The first-order valence-electron chi connectivity index (χ1n) is 5.79. The van der Waals surface area contributed by atoms with Crippen molar-refractivity contribution in [3.63, 3.8) is 0 Å². The van der Waals surface area contributed by atoms with Crippen LogP contribution in [-0.4, -0.2) is 46.0 Å². The highest BCUT2D eigenvalue weighted by Crippen LogP contribution is 2.28. The van der Waals surface area contributed by atoms with E-state index in [4.69, 9.17) is 10.8 Å². The second kappa shape index (κ2) is 5.45. The average molecular weight is 269 g/mol. The van der Waals surface area contributed by atoms with Gasteiger partial charge in [-0.15, -0.1) is 11.3 Å². The van der Waals surface area contributed by atoms with Gasteiger partial charge in [0.2, 0.25) is 0 Å². The summed E-state index contributed by atoms with van der Waals surface area (Å²) in [4.78, 5) is 28.5. The number of thiazole rings is 1. The molecule has 1 aromatic heterocycles. The molecule has 6 nitrogen and oxygen atoms in total. The molecule has 3 N–H and O–H groups in total. The van der Waals surface area contributed by atoms with Gasteiger partial charge in [0.05, 0.1) is 5.01 Å². The molecule has 0 spiro atoms. The van der Waals surface area contributed by atoms with Gasteiger partial charge in [0.1, 0.15) is 12.2 Å². The molecule has 0 bridgehead atoms. The van der Waals surface area contributed by atoms with Crippen LogP contribution in [0.25, 0.3) is 0 Å². The molecule has 1 saturated carbocycles. The van der Waals surface area contributed by atoms with E-state index in [2.05, 4.69) is 4.98 Å². The lowest BCUT2D eigenvalue weighted by Crippen LogP contribution is -2.37. The van der Waals surface area contributed by atoms with Crippen molar-refractivity contribution in [1.29, 1.82) is 0 Å². The number of hydrogen-bond acceptors (Lipinski definition) is 5. The van der Waals surface area contributed by atoms with Crippen LogP contribution in [0.1, 0.15) is 28.3 Å². The quantitative estimate of drug-likeness (QED) is 0.776. The Bertz CT molecular complexity index is 456. The monoisotopic (exact) mass is 269 g/mol. The van der Waals surface area contributed by atoms with Crippen LogP contribution in [0, 0.1) is 0 Å². The predicted molar refractivity (Wildman–Crippen MR) is 66.6 cm³/mol. The minimum atomic E-state index is -0.993. The van der Waals surface area contributed by atoms with Crippen LogP contribution < -0.4 is 5.73 Å². The number of rotatable bonds is 6. The Hall–Kier alpha value is -1.47. The number of carbonyl (C=O) groups is 2. The van der Waals surface area contributed by atoms with Gasteiger partial charge >= 0.3 is 5.97 Å². The van der Waals surface area contributed by atoms with E-state index in [1.165, 1.54) is 16.2 Å². The molecule has 2 rings (SSSR count). The minimum Gasteiger partial charge on any atom is -0.480 e. The number of aromatic nitrogens is 1. The van der Waals surface area contributed by atoms with Crippen molar-refractivity contribution in [3.05, 3.63) is 16.1 Å². The molecule has 98 valence electrons. The lowest BCUT2D eigenvalue weighted by Gasteiger charge is -2.18. The highest BCUT2D eigenvalue weighted by atomic mass is 32.1. The van der Waals surface area contributed by atoms with Crippen LogP contribution in [0.5, 0.6) is 0 Å². The number of hydrogen-bond donors (Lipinski definition) is 2. The van der Waals surface area contributed by atoms with E-state index in [0.717, 1.165) is 17.8 Å². The van der Waals surface area contributed by atoms with Crippen LogP contribution >= 0.6 is 11.3 Å². The fourth-order valence-corrected chi connectivity index (χ4v) is 2.48. The smallest absolute Gasteiger partial charge is 0.323 e. The number of carboxylic acid groups (broad SMARTS) is 1. The molecule has 1 amide bonds. The lowest BCUT2D eigenvalue weighted by molar-refractivity contribution is -0.137. The largest absolute Gasteiger partial charge is 0.480 e. The molecule has 0 unspecified atom stereocenters. The van der Waals surface area contributed by atoms with E-state index >= 15 is 0 Å². The van der Waals surface area contributed by atoms with Crippen molar-refractivity contribution in [2.75, 3.05) is 13.1 Å². The van der Waals surface area contributed by atoms with E-state index < -0.39 is 5.97 Å². The zero-order valence-corrected chi connectivity index (χ0v) is 10.7. The van der Waals surface area contributed by atoms with Gasteiger partial charge in [-0.1, -0.05) is 0 Å². The average Bonchev–Trinajstić information content (AvgIpc) is 3.06. The van der Waals surface area contributed by atoms with Crippen molar-refractivity contribution in [1.82, 2.24) is 9.88 Å². The summed E-state index contributed by atoms with van der Waals surface area (Å²) < 4.78 is 0. The summed E-state index contributed by atoms with van der Waals surface area (Å²) in [5.41, 5.74) is 5.75. The molecule has 7 heteroatoms. The van der Waals surface area contributed by atoms with Crippen LogP contribution in [0.2, 0.25) is 0 Å². The van der Waals surface area contributed by atoms with Crippen molar-refractivity contribution in [2.45, 2.75) is 25.3 Å². The molecule has 1 aliphatic rings. The van der Waals surface area contributed by atoms with Gasteiger partial charge < -0.3 is 15.7 Å². The number of nitrogens with zero attached hydrogens (tertiary/aromatic N) is 2. The minimum absolute atomic E-state index is 0.0632. The second-order valence-electron chi connectivity index (χ2n) is 4.22. The molecule has 1 fully saturated rings. The molecular weight excluding hydrogens is 254 g/mol. The van der Waals surface area contributed by atoms with Gasteiger partial charge in [0.25, 0.3) is 5.91 Å². The normalized spacial score (nSPS) is 14.5. The number of carbonyl (C=O) groups excluding carboxylic acids is 1. The van der Waals surface area contributed by atoms with E-state index in [1.54, 1.807) is 5.38 Å². The molecule has 1 aliphatic carbocycles. The number of carboxylic acids is 1. The van der Waals surface area contributed by atoms with E-state index in [1.807, 2.05) is 0 Å². The number of aliphatic carboxylic acids is 1. The van der Waals surface area contributed by atoms with Crippen molar-refractivity contribution >= 4 is 23.2 Å². The predicted octanol–water partition coefficient (Wildman–Crippen LogP) is 0.333. The zero-order chi connectivity index (χ0) is 13.1. The maximum atomic E-state index is 12.2. The Morgan fingerprint density at radius 2 is 2.28 bits per heavy atom. The summed E-state index contributed by atoms with van der Waals surface area (Å²) in [7, 11) is 0. The molecule has 0 saturated heterocycles. The third-order valence-corrected chi connectivity index (χ3v) is 3.59. The highest BCUT2D eigenvalue weighted by Gasteiger charge is 2.35. The van der Waals surface area contributed by atoms with Crippen molar-refractivity contribution in [2.24, 2.45) is 5.73 Å². The third-order valence-electron chi connectivity index (χ3n) is 2.68. The van der Waals surface area contributed by atoms with Crippen molar-refractivity contribution < 1.29 is 14.7 Å². The standard InChI is InChI=1S/C11H15N3O3S/c12-4-3-9-13-8(6-18-9)11(17)14(5-10(15)16)7-1-2-7/h6-7H,1-5,12H2,(H,15,16). The van der Waals surface area contributed by atoms with E-state index in [9.17, 15) is 9.59 Å². The molecule has 0 radical (unpaired) electrons. The summed E-state index contributed by atoms with van der Waals surface area (Å²) in [6.45, 7) is 0.232. The highest BCUT2D eigenvalue weighted by molar-refractivity contribution is 7.09. The maximum absolute atomic E-state index is 12.2. The fourth-order valence-electron chi connectivity index (χ4n) is 1.69. The molecule has 0 atom stereocenters. The SMILES string of the molecule is NCCc1nc(C(=O)N(CC(=O)O)C2CC2)cs1. The molecular formula is C11H15N3O3S. The van der Waals surface area contributed by atoms with Gasteiger partial charge in [-0.2, -0.15) is 0 Å². The van der Waals surface area contributed by atoms with Crippen LogP contribution in [0.3, 0.4) is 0 Å². The Morgan fingerprint density at radius 1 is 1.56 bits per heavy atom. The van der Waals surface area contributed by atoms with Crippen LogP contribution in [-0.2, 0) is 11.2 Å². The molecule has 18 heavy (non-hydrogen) atoms. The summed E-state index contributed by atoms with van der Waals surface area (Å²) in [5.74, 6) is -1.29. The van der Waals surface area contributed by atoms with E-state index in [-0.39, 0.29) is 18.5 Å². The number of nitrogens with two attached hydrogens (primary N) is 1. The first kappa shape index (κ1) is 13.0. The molecule has 1 heterocycles. The summed E-state index contributed by atoms with van der Waals surface area (Å²) in [6.07, 6.45) is 2.39. The lowest BCUT2D eigenvalue weighted by atomic mass is 10.3. The van der Waals surface area contributed by atoms with Gasteiger partial charge in [0.15, 0.2) is 0 Å². The van der Waals surface area contributed by atoms with Crippen LogP contribution in [0.4, 0.5) is 0 Å². The van der Waals surface area contributed by atoms with Gasteiger partial charge in [-0.05, 0) is 19.4 Å². The molecule has 0 aromatic carbocycles.